The average Bonchev–Trinajstić information content (AvgIpc) is 3.61. The van der Waals surface area contributed by atoms with Crippen molar-refractivity contribution in [3.05, 3.63) is 0 Å². The number of unbranched alkanes of at least 4 members (excludes halogenated alkanes) is 2. The first kappa shape index (κ1) is 36.1. The van der Waals surface area contributed by atoms with Crippen LogP contribution in [0.3, 0.4) is 0 Å². The largest absolute Gasteiger partial charge is 0.444 e. The predicted molar refractivity (Wildman–Crippen MR) is 161 cm³/mol. The molecule has 3 N–H and O–H groups in total. The molecule has 40 heavy (non-hydrogen) atoms. The smallest absolute Gasteiger partial charge is 0.410 e. The fourth-order valence-corrected chi connectivity index (χ4v) is 4.33. The normalized spacial score (nSPS) is 20.9. The Labute approximate surface area is 243 Å². The number of likely N-dealkylation sites (tertiary alicyclic amines) is 2. The van der Waals surface area contributed by atoms with E-state index in [9.17, 15) is 14.4 Å². The molecule has 0 aliphatic carbocycles. The highest BCUT2D eigenvalue weighted by atomic mass is 16.6. The molecule has 0 spiro atoms. The number of nitrogens with one attached hydrogen (secondary N) is 3. The van der Waals surface area contributed by atoms with Gasteiger partial charge in [0.2, 0.25) is 0 Å². The number of nitrogens with zero attached hydrogens (tertiary/aromatic N) is 2. The van der Waals surface area contributed by atoms with E-state index in [-0.39, 0.29) is 18.4 Å². The number of hydrogen-bond donors (Lipinski definition) is 3. The van der Waals surface area contributed by atoms with E-state index in [4.69, 9.17) is 9.47 Å². The predicted octanol–water partition coefficient (Wildman–Crippen LogP) is 4.32. The minimum atomic E-state index is -0.483. The summed E-state index contributed by atoms with van der Waals surface area (Å²) < 4.78 is 10.5. The highest BCUT2D eigenvalue weighted by Crippen LogP contribution is 2.15. The van der Waals surface area contributed by atoms with Gasteiger partial charge in [0.15, 0.2) is 5.78 Å². The van der Waals surface area contributed by atoms with Crippen LogP contribution in [0, 0.1) is 0 Å². The van der Waals surface area contributed by atoms with Crippen LogP contribution in [0.15, 0.2) is 0 Å². The Balaban J connectivity index is 0.000000311. The summed E-state index contributed by atoms with van der Waals surface area (Å²) in [5, 5.41) is 10.3. The zero-order valence-electron chi connectivity index (χ0n) is 26.7. The molecule has 0 radical (unpaired) electrons. The molecule has 10 heteroatoms. The van der Waals surface area contributed by atoms with Crippen molar-refractivity contribution in [1.29, 1.82) is 0 Å². The van der Waals surface area contributed by atoms with Gasteiger partial charge in [-0.3, -0.25) is 4.79 Å². The van der Waals surface area contributed by atoms with Gasteiger partial charge < -0.3 is 35.2 Å². The minimum absolute atomic E-state index is 0.103. The third-order valence-electron chi connectivity index (χ3n) is 6.51. The standard InChI is InChI=1S/C13H26N2O2.C9H15NO3.C8H18N2/c1-5-6-8-14-11-7-9-15(10-11)12(16)17-13(2,3)4;1-9(2,3)13-8(12)10-5-4-7(11)6-10;1-2-3-5-10-8-4-6-9-7-8/h11,14H,5-10H2,1-4H3;4-6H2,1-3H3;8-10H,2-7H2,1H3. The second-order valence-corrected chi connectivity index (χ2v) is 12.9. The summed E-state index contributed by atoms with van der Waals surface area (Å²) in [6.45, 7) is 22.4. The van der Waals surface area contributed by atoms with Crippen molar-refractivity contribution in [2.24, 2.45) is 0 Å². The Morgan fingerprint density at radius 3 is 1.85 bits per heavy atom. The molecule has 234 valence electrons. The van der Waals surface area contributed by atoms with E-state index in [0.717, 1.165) is 32.1 Å². The second-order valence-electron chi connectivity index (χ2n) is 12.9. The zero-order valence-corrected chi connectivity index (χ0v) is 26.7. The Hall–Kier alpha value is -1.91. The van der Waals surface area contributed by atoms with Crippen LogP contribution in [0.1, 0.15) is 100 Å². The van der Waals surface area contributed by atoms with Gasteiger partial charge >= 0.3 is 12.2 Å². The van der Waals surface area contributed by atoms with Gasteiger partial charge in [-0.05, 0) is 86.9 Å². The van der Waals surface area contributed by atoms with Crippen LogP contribution in [-0.4, -0.2) is 103 Å². The van der Waals surface area contributed by atoms with E-state index in [0.29, 0.717) is 19.0 Å². The SMILES string of the molecule is CC(C)(C)OC(=O)N1CCC(=O)C1.CCCCNC1CCN(C(=O)OC(C)(C)C)C1.CCCCNC1CCNC1. The lowest BCUT2D eigenvalue weighted by molar-refractivity contribution is -0.116. The summed E-state index contributed by atoms with van der Waals surface area (Å²) in [6.07, 6.45) is 7.24. The highest BCUT2D eigenvalue weighted by molar-refractivity contribution is 5.87. The van der Waals surface area contributed by atoms with Gasteiger partial charge in [-0.1, -0.05) is 26.7 Å². The molecule has 3 saturated heterocycles. The maximum Gasteiger partial charge on any atom is 0.410 e. The van der Waals surface area contributed by atoms with Crippen molar-refractivity contribution in [3.8, 4) is 0 Å². The number of hydrogen-bond acceptors (Lipinski definition) is 8. The molecule has 3 rings (SSSR count). The van der Waals surface area contributed by atoms with Crippen LogP contribution in [0.5, 0.6) is 0 Å². The number of carbonyl (C=O) groups excluding carboxylic acids is 3. The molecule has 0 bridgehead atoms. The summed E-state index contributed by atoms with van der Waals surface area (Å²) in [5.41, 5.74) is -0.881. The molecule has 2 atom stereocenters. The molecule has 0 saturated carbocycles. The molecule has 2 unspecified atom stereocenters. The average molecular weight is 570 g/mol. The minimum Gasteiger partial charge on any atom is -0.444 e. The first-order valence-corrected chi connectivity index (χ1v) is 15.4. The summed E-state index contributed by atoms with van der Waals surface area (Å²) in [6, 6.07) is 1.20. The summed E-state index contributed by atoms with van der Waals surface area (Å²) in [4.78, 5) is 37.3. The molecule has 3 fully saturated rings. The maximum atomic E-state index is 11.8. The van der Waals surface area contributed by atoms with Gasteiger partial charge in [-0.15, -0.1) is 0 Å². The van der Waals surface area contributed by atoms with E-state index >= 15 is 0 Å². The van der Waals surface area contributed by atoms with Crippen LogP contribution < -0.4 is 16.0 Å². The van der Waals surface area contributed by atoms with E-state index < -0.39 is 17.3 Å². The first-order chi connectivity index (χ1) is 18.7. The maximum absolute atomic E-state index is 11.8. The van der Waals surface area contributed by atoms with Crippen molar-refractivity contribution in [2.75, 3.05) is 52.4 Å². The molecule has 3 aliphatic heterocycles. The fraction of sp³-hybridized carbons (Fsp3) is 0.900. The second kappa shape index (κ2) is 18.5. The van der Waals surface area contributed by atoms with Gasteiger partial charge in [0.1, 0.15) is 11.2 Å². The van der Waals surface area contributed by atoms with Crippen LogP contribution in [0.2, 0.25) is 0 Å². The lowest BCUT2D eigenvalue weighted by atomic mass is 10.2. The Morgan fingerprint density at radius 2 is 1.40 bits per heavy atom. The number of ether oxygens (including phenoxy) is 2. The summed E-state index contributed by atoms with van der Waals surface area (Å²) in [5.74, 6) is 0.103. The van der Waals surface area contributed by atoms with Crippen molar-refractivity contribution >= 4 is 18.0 Å². The molecule has 3 aliphatic rings. The van der Waals surface area contributed by atoms with Crippen molar-refractivity contribution < 1.29 is 23.9 Å². The molecule has 2 amide bonds. The number of amides is 2. The third-order valence-corrected chi connectivity index (χ3v) is 6.51. The van der Waals surface area contributed by atoms with Crippen LogP contribution in [0.4, 0.5) is 9.59 Å². The van der Waals surface area contributed by atoms with Gasteiger partial charge in [0, 0.05) is 44.7 Å². The Kier molecular flexibility index (Phi) is 16.7. The van der Waals surface area contributed by atoms with Crippen molar-refractivity contribution in [3.63, 3.8) is 0 Å². The fourth-order valence-electron chi connectivity index (χ4n) is 4.33. The highest BCUT2D eigenvalue weighted by Gasteiger charge is 2.29. The van der Waals surface area contributed by atoms with Crippen LogP contribution >= 0.6 is 0 Å². The lowest BCUT2D eigenvalue weighted by Gasteiger charge is -2.24. The van der Waals surface area contributed by atoms with Gasteiger partial charge in [0.05, 0.1) is 6.54 Å². The monoisotopic (exact) mass is 569 g/mol. The summed E-state index contributed by atoms with van der Waals surface area (Å²) in [7, 11) is 0. The molecule has 0 aromatic rings. The third kappa shape index (κ3) is 17.0. The lowest BCUT2D eigenvalue weighted by Crippen LogP contribution is -2.38. The van der Waals surface area contributed by atoms with E-state index in [1.165, 1.54) is 56.6 Å². The molecule has 3 heterocycles. The number of Topliss-reactive ketones (excluding diaryl/α,β-unsaturated/α-hetero) is 1. The number of carbonyl (C=O) groups is 3. The number of rotatable bonds is 8. The molecule has 0 aromatic heterocycles. The molecular weight excluding hydrogens is 510 g/mol. The van der Waals surface area contributed by atoms with Gasteiger partial charge in [-0.2, -0.15) is 0 Å². The van der Waals surface area contributed by atoms with Gasteiger partial charge in [0.25, 0.3) is 0 Å². The Bertz CT molecular complexity index is 744. The topological polar surface area (TPSA) is 112 Å². The zero-order chi connectivity index (χ0) is 30.2. The van der Waals surface area contributed by atoms with E-state index in [2.05, 4.69) is 29.8 Å². The summed E-state index contributed by atoms with van der Waals surface area (Å²) >= 11 is 0. The van der Waals surface area contributed by atoms with Crippen molar-refractivity contribution in [2.45, 2.75) is 124 Å². The first-order valence-electron chi connectivity index (χ1n) is 15.4. The van der Waals surface area contributed by atoms with Crippen LogP contribution in [0.25, 0.3) is 0 Å². The van der Waals surface area contributed by atoms with E-state index in [1.807, 2.05) is 41.5 Å². The van der Waals surface area contributed by atoms with Crippen molar-refractivity contribution in [1.82, 2.24) is 25.8 Å². The number of ketones is 1. The molecule has 10 nitrogen and oxygen atoms in total. The molecular formula is C30H59N5O5. The van der Waals surface area contributed by atoms with Gasteiger partial charge in [-0.25, -0.2) is 9.59 Å². The Morgan fingerprint density at radius 1 is 0.850 bits per heavy atom. The quantitative estimate of drug-likeness (QED) is 0.371. The van der Waals surface area contributed by atoms with E-state index in [1.54, 1.807) is 4.90 Å². The molecule has 0 aromatic carbocycles. The van der Waals surface area contributed by atoms with Crippen LogP contribution in [-0.2, 0) is 14.3 Å².